The number of methoxy groups -OCH3 is 1. The van der Waals surface area contributed by atoms with E-state index in [0.717, 1.165) is 28.1 Å². The average molecular weight is 270 g/mol. The molecule has 0 amide bonds. The number of aromatic nitrogens is 1. The molecule has 0 spiro atoms. The predicted molar refractivity (Wildman–Crippen MR) is 75.8 cm³/mol. The Morgan fingerprint density at radius 2 is 2.10 bits per heavy atom. The molecule has 0 fully saturated rings. The van der Waals surface area contributed by atoms with Crippen molar-refractivity contribution in [2.75, 3.05) is 7.11 Å². The molecule has 2 rings (SSSR count). The first kappa shape index (κ1) is 14.1. The van der Waals surface area contributed by atoms with E-state index < -0.39 is 0 Å². The van der Waals surface area contributed by atoms with Crippen LogP contribution >= 0.6 is 0 Å². The Morgan fingerprint density at radius 1 is 1.35 bits per heavy atom. The van der Waals surface area contributed by atoms with Gasteiger partial charge in [-0.1, -0.05) is 22.9 Å². The van der Waals surface area contributed by atoms with Gasteiger partial charge >= 0.3 is 0 Å². The van der Waals surface area contributed by atoms with E-state index in [1.807, 2.05) is 32.9 Å². The molecule has 1 aromatic heterocycles. The summed E-state index contributed by atoms with van der Waals surface area (Å²) in [4.78, 5) is 0. The number of hydrogen-bond donors (Lipinski definition) is 0. The lowest BCUT2D eigenvalue weighted by Crippen LogP contribution is -2.04. The maximum Gasteiger partial charge on any atom is 0.138 e. The number of nitrogens with zero attached hydrogens (tertiary/aromatic N) is 2. The van der Waals surface area contributed by atoms with Crippen LogP contribution in [0, 0.1) is 32.1 Å². The molecule has 0 aliphatic rings. The second kappa shape index (κ2) is 5.79. The van der Waals surface area contributed by atoms with E-state index in [1.54, 1.807) is 7.11 Å². The second-order valence-electron chi connectivity index (χ2n) is 4.94. The average Bonchev–Trinajstić information content (AvgIpc) is 2.76. The molecule has 20 heavy (non-hydrogen) atoms. The van der Waals surface area contributed by atoms with Crippen LogP contribution in [0.1, 0.15) is 34.1 Å². The minimum Gasteiger partial charge on any atom is -0.496 e. The van der Waals surface area contributed by atoms with E-state index in [4.69, 9.17) is 9.26 Å². The van der Waals surface area contributed by atoms with Gasteiger partial charge in [0.05, 0.1) is 24.8 Å². The van der Waals surface area contributed by atoms with Crippen molar-refractivity contribution in [2.24, 2.45) is 0 Å². The van der Waals surface area contributed by atoms with Crippen LogP contribution in [-0.2, 0) is 6.42 Å². The molecule has 1 heterocycles. The highest BCUT2D eigenvalue weighted by molar-refractivity contribution is 5.40. The normalized spacial score (nSPS) is 11.9. The minimum atomic E-state index is -0.281. The van der Waals surface area contributed by atoms with Crippen LogP contribution in [0.25, 0.3) is 0 Å². The van der Waals surface area contributed by atoms with E-state index in [-0.39, 0.29) is 5.92 Å². The molecule has 104 valence electrons. The first-order chi connectivity index (χ1) is 9.56. The molecule has 4 nitrogen and oxygen atoms in total. The lowest BCUT2D eigenvalue weighted by Gasteiger charge is -2.13. The van der Waals surface area contributed by atoms with E-state index >= 15 is 0 Å². The van der Waals surface area contributed by atoms with Crippen molar-refractivity contribution in [3.05, 3.63) is 46.3 Å². The Balaban J connectivity index is 2.37. The van der Waals surface area contributed by atoms with Crippen molar-refractivity contribution in [1.29, 1.82) is 5.26 Å². The van der Waals surface area contributed by atoms with Gasteiger partial charge in [0.15, 0.2) is 0 Å². The fraction of sp³-hybridized carbons (Fsp3) is 0.375. The van der Waals surface area contributed by atoms with Gasteiger partial charge in [-0.05, 0) is 38.8 Å². The van der Waals surface area contributed by atoms with Crippen LogP contribution < -0.4 is 4.74 Å². The van der Waals surface area contributed by atoms with Gasteiger partial charge in [-0.15, -0.1) is 0 Å². The van der Waals surface area contributed by atoms with Gasteiger partial charge in [-0.25, -0.2) is 0 Å². The summed E-state index contributed by atoms with van der Waals surface area (Å²) in [6.45, 7) is 5.73. The molecule has 0 saturated carbocycles. The number of nitriles is 1. The van der Waals surface area contributed by atoms with Gasteiger partial charge in [-0.2, -0.15) is 5.26 Å². The van der Waals surface area contributed by atoms with Gasteiger partial charge in [0.2, 0.25) is 0 Å². The molecule has 0 radical (unpaired) electrons. The summed E-state index contributed by atoms with van der Waals surface area (Å²) in [5.41, 5.74) is 3.84. The zero-order chi connectivity index (χ0) is 14.7. The third-order valence-corrected chi connectivity index (χ3v) is 3.45. The van der Waals surface area contributed by atoms with Crippen molar-refractivity contribution >= 4 is 0 Å². The Kier molecular flexibility index (Phi) is 4.09. The van der Waals surface area contributed by atoms with Gasteiger partial charge in [-0.3, -0.25) is 0 Å². The lowest BCUT2D eigenvalue weighted by molar-refractivity contribution is 0.391. The zero-order valence-electron chi connectivity index (χ0n) is 12.2. The van der Waals surface area contributed by atoms with Crippen LogP contribution in [-0.4, -0.2) is 12.3 Å². The predicted octanol–water partition coefficient (Wildman–Crippen LogP) is 3.46. The molecule has 1 atom stereocenters. The van der Waals surface area contributed by atoms with Gasteiger partial charge in [0.25, 0.3) is 0 Å². The molecule has 0 aliphatic heterocycles. The Hall–Kier alpha value is -2.28. The summed E-state index contributed by atoms with van der Waals surface area (Å²) >= 11 is 0. The molecule has 0 N–H and O–H groups in total. The van der Waals surface area contributed by atoms with Crippen molar-refractivity contribution in [3.8, 4) is 11.8 Å². The zero-order valence-corrected chi connectivity index (χ0v) is 12.2. The molecule has 0 bridgehead atoms. The monoisotopic (exact) mass is 270 g/mol. The summed E-state index contributed by atoms with van der Waals surface area (Å²) in [7, 11) is 1.64. The van der Waals surface area contributed by atoms with Crippen molar-refractivity contribution < 1.29 is 9.26 Å². The first-order valence-electron chi connectivity index (χ1n) is 6.52. The highest BCUT2D eigenvalue weighted by atomic mass is 16.5. The van der Waals surface area contributed by atoms with Gasteiger partial charge < -0.3 is 9.26 Å². The number of hydrogen-bond acceptors (Lipinski definition) is 4. The summed E-state index contributed by atoms with van der Waals surface area (Å²) < 4.78 is 10.5. The molecular formula is C16H18N2O2. The first-order valence-corrected chi connectivity index (χ1v) is 6.52. The summed E-state index contributed by atoms with van der Waals surface area (Å²) in [5, 5.41) is 13.4. The fourth-order valence-electron chi connectivity index (χ4n) is 2.49. The largest absolute Gasteiger partial charge is 0.496 e. The third kappa shape index (κ3) is 2.67. The van der Waals surface area contributed by atoms with Gasteiger partial charge in [0.1, 0.15) is 11.5 Å². The second-order valence-corrected chi connectivity index (χ2v) is 4.94. The molecule has 0 saturated heterocycles. The molecule has 1 unspecified atom stereocenters. The van der Waals surface area contributed by atoms with Crippen molar-refractivity contribution in [3.63, 3.8) is 0 Å². The van der Waals surface area contributed by atoms with E-state index in [0.29, 0.717) is 12.2 Å². The molecular weight excluding hydrogens is 252 g/mol. The van der Waals surface area contributed by atoms with E-state index in [1.165, 1.54) is 0 Å². The third-order valence-electron chi connectivity index (χ3n) is 3.45. The maximum absolute atomic E-state index is 9.48. The standard InChI is InChI=1S/C16H18N2O2/c1-10-5-6-15(19-4)13(7-10)8-14(9-17)16-11(2)18-20-12(16)3/h5-7,14H,8H2,1-4H3. The number of aryl methyl sites for hydroxylation is 3. The fourth-order valence-corrected chi connectivity index (χ4v) is 2.49. The quantitative estimate of drug-likeness (QED) is 0.853. The maximum atomic E-state index is 9.48. The van der Waals surface area contributed by atoms with Crippen LogP contribution in [0.3, 0.4) is 0 Å². The summed E-state index contributed by atoms with van der Waals surface area (Å²) in [6.07, 6.45) is 0.588. The van der Waals surface area contributed by atoms with Crippen molar-refractivity contribution in [1.82, 2.24) is 5.16 Å². The summed E-state index contributed by atoms with van der Waals surface area (Å²) in [6, 6.07) is 8.34. The number of rotatable bonds is 4. The molecule has 0 aliphatic carbocycles. The van der Waals surface area contributed by atoms with E-state index in [9.17, 15) is 5.26 Å². The highest BCUT2D eigenvalue weighted by Gasteiger charge is 2.22. The van der Waals surface area contributed by atoms with Crippen LogP contribution in [0.15, 0.2) is 22.7 Å². The van der Waals surface area contributed by atoms with Crippen LogP contribution in [0.5, 0.6) is 5.75 Å². The smallest absolute Gasteiger partial charge is 0.138 e. The number of ether oxygens (including phenoxy) is 1. The SMILES string of the molecule is COc1ccc(C)cc1CC(C#N)c1c(C)noc1C. The molecule has 2 aromatic rings. The van der Waals surface area contributed by atoms with Crippen molar-refractivity contribution in [2.45, 2.75) is 33.1 Å². The topological polar surface area (TPSA) is 59.0 Å². The van der Waals surface area contributed by atoms with Crippen LogP contribution in [0.4, 0.5) is 0 Å². The lowest BCUT2D eigenvalue weighted by atomic mass is 9.91. The van der Waals surface area contributed by atoms with Crippen LogP contribution in [0.2, 0.25) is 0 Å². The molecule has 4 heteroatoms. The Labute approximate surface area is 119 Å². The van der Waals surface area contributed by atoms with Gasteiger partial charge in [0, 0.05) is 5.56 Å². The Bertz CT molecular complexity index is 633. The van der Waals surface area contributed by atoms with E-state index in [2.05, 4.69) is 17.3 Å². The number of benzene rings is 1. The minimum absolute atomic E-state index is 0.281. The summed E-state index contributed by atoms with van der Waals surface area (Å²) in [5.74, 6) is 1.24. The molecule has 1 aromatic carbocycles. The highest BCUT2D eigenvalue weighted by Crippen LogP contribution is 2.30. The Morgan fingerprint density at radius 3 is 2.65 bits per heavy atom.